The first-order valence-electron chi connectivity index (χ1n) is 7.07. The summed E-state index contributed by atoms with van der Waals surface area (Å²) in [5.74, 6) is 1.60. The Hall–Kier alpha value is -1.48. The monoisotopic (exact) mass is 290 g/mol. The van der Waals surface area contributed by atoms with Gasteiger partial charge in [-0.3, -0.25) is 0 Å². The largest absolute Gasteiger partial charge is 0.487 e. The number of benzene rings is 1. The molecule has 1 aliphatic heterocycles. The molecule has 1 aliphatic rings. The van der Waals surface area contributed by atoms with Crippen LogP contribution >= 0.6 is 11.6 Å². The first-order chi connectivity index (χ1) is 9.65. The van der Waals surface area contributed by atoms with Crippen molar-refractivity contribution >= 4 is 11.6 Å². The Morgan fingerprint density at radius 2 is 2.20 bits per heavy atom. The summed E-state index contributed by atoms with van der Waals surface area (Å²) in [6, 6.07) is 8.04. The van der Waals surface area contributed by atoms with Gasteiger partial charge in [-0.25, -0.2) is 4.98 Å². The molecule has 106 valence electrons. The average Bonchev–Trinajstić information content (AvgIpc) is 2.74. The van der Waals surface area contributed by atoms with E-state index in [1.165, 1.54) is 12.1 Å². The zero-order chi connectivity index (χ0) is 14.1. The second-order valence-electron chi connectivity index (χ2n) is 5.58. The summed E-state index contributed by atoms with van der Waals surface area (Å²) in [5.41, 5.74) is 3.35. The minimum absolute atomic E-state index is 0.486. The van der Waals surface area contributed by atoms with E-state index < -0.39 is 0 Å². The fraction of sp³-hybridized carbons (Fsp3) is 0.438. The molecule has 0 saturated heterocycles. The van der Waals surface area contributed by atoms with Crippen LogP contribution in [-0.4, -0.2) is 9.55 Å². The molecule has 0 aliphatic carbocycles. The molecule has 1 aromatic carbocycles. The van der Waals surface area contributed by atoms with Crippen molar-refractivity contribution in [3.05, 3.63) is 46.5 Å². The van der Waals surface area contributed by atoms with Gasteiger partial charge in [0.25, 0.3) is 0 Å². The molecule has 2 heterocycles. The van der Waals surface area contributed by atoms with Crippen LogP contribution < -0.4 is 4.74 Å². The molecular formula is C16H19ClN2O. The summed E-state index contributed by atoms with van der Waals surface area (Å²) in [7, 11) is 0. The van der Waals surface area contributed by atoms with Gasteiger partial charge in [-0.2, -0.15) is 0 Å². The van der Waals surface area contributed by atoms with E-state index in [0.29, 0.717) is 17.8 Å². The van der Waals surface area contributed by atoms with Gasteiger partial charge >= 0.3 is 0 Å². The maximum Gasteiger partial charge on any atom is 0.203 e. The van der Waals surface area contributed by atoms with Crippen LogP contribution in [0, 0.1) is 12.8 Å². The van der Waals surface area contributed by atoms with Crippen molar-refractivity contribution in [3.8, 4) is 5.75 Å². The highest BCUT2D eigenvalue weighted by atomic mass is 35.5. The van der Waals surface area contributed by atoms with E-state index in [2.05, 4.69) is 16.5 Å². The van der Waals surface area contributed by atoms with Crippen LogP contribution in [0.1, 0.15) is 30.3 Å². The maximum atomic E-state index is 6.22. The molecule has 0 N–H and O–H groups in total. The number of aromatic nitrogens is 2. The van der Waals surface area contributed by atoms with Gasteiger partial charge in [-0.15, -0.1) is 0 Å². The number of rotatable bonds is 3. The van der Waals surface area contributed by atoms with E-state index in [1.54, 1.807) is 0 Å². The van der Waals surface area contributed by atoms with Crippen molar-refractivity contribution in [1.29, 1.82) is 0 Å². The summed E-state index contributed by atoms with van der Waals surface area (Å²) in [5, 5.41) is 0.593. The Kier molecular flexibility index (Phi) is 3.70. The molecule has 1 unspecified atom stereocenters. The molecular weight excluding hydrogens is 272 g/mol. The number of imidazole rings is 1. The Labute approximate surface area is 124 Å². The van der Waals surface area contributed by atoms with Crippen molar-refractivity contribution in [3.63, 3.8) is 0 Å². The Bertz CT molecular complexity index is 621. The van der Waals surface area contributed by atoms with Gasteiger partial charge in [0, 0.05) is 12.2 Å². The second kappa shape index (κ2) is 5.49. The maximum absolute atomic E-state index is 6.22. The standard InChI is InChI=1S/C16H19ClN2O/c1-11-7-8-19-14(9-11)13(18-16(19)17)10-20-15-6-4-3-5-12(15)2/h3-6,11H,7-10H2,1-2H3. The summed E-state index contributed by atoms with van der Waals surface area (Å²) in [4.78, 5) is 4.47. The Morgan fingerprint density at radius 1 is 1.40 bits per heavy atom. The quantitative estimate of drug-likeness (QED) is 0.854. The number of halogens is 1. The summed E-state index contributed by atoms with van der Waals surface area (Å²) in [6.07, 6.45) is 2.20. The minimum atomic E-state index is 0.486. The molecule has 2 aromatic rings. The van der Waals surface area contributed by atoms with Gasteiger partial charge in [0.05, 0.1) is 0 Å². The number of hydrogen-bond acceptors (Lipinski definition) is 2. The number of nitrogens with zero attached hydrogens (tertiary/aromatic N) is 2. The number of ether oxygens (including phenoxy) is 1. The molecule has 0 radical (unpaired) electrons. The van der Waals surface area contributed by atoms with Gasteiger partial charge in [-0.05, 0) is 48.9 Å². The van der Waals surface area contributed by atoms with Crippen LogP contribution in [0.15, 0.2) is 24.3 Å². The van der Waals surface area contributed by atoms with Crippen molar-refractivity contribution < 1.29 is 4.74 Å². The van der Waals surface area contributed by atoms with E-state index in [-0.39, 0.29) is 0 Å². The van der Waals surface area contributed by atoms with Crippen molar-refractivity contribution in [2.75, 3.05) is 0 Å². The SMILES string of the molecule is Cc1ccccc1OCc1nc(Cl)n2c1CC(C)CC2. The predicted molar refractivity (Wildman–Crippen MR) is 80.2 cm³/mol. The predicted octanol–water partition coefficient (Wildman–Crippen LogP) is 4.01. The van der Waals surface area contributed by atoms with E-state index >= 15 is 0 Å². The van der Waals surface area contributed by atoms with Crippen LogP contribution in [0.3, 0.4) is 0 Å². The normalized spacial score (nSPS) is 17.9. The molecule has 3 nitrogen and oxygen atoms in total. The molecule has 0 bridgehead atoms. The summed E-state index contributed by atoms with van der Waals surface area (Å²) >= 11 is 6.22. The fourth-order valence-corrected chi connectivity index (χ4v) is 3.01. The highest BCUT2D eigenvalue weighted by molar-refractivity contribution is 6.28. The molecule has 20 heavy (non-hydrogen) atoms. The van der Waals surface area contributed by atoms with E-state index in [4.69, 9.17) is 16.3 Å². The number of aryl methyl sites for hydroxylation is 1. The Morgan fingerprint density at radius 3 is 3.00 bits per heavy atom. The van der Waals surface area contributed by atoms with Crippen LogP contribution in [0.25, 0.3) is 0 Å². The van der Waals surface area contributed by atoms with Gasteiger partial charge < -0.3 is 9.30 Å². The smallest absolute Gasteiger partial charge is 0.203 e. The first-order valence-corrected chi connectivity index (χ1v) is 7.45. The lowest BCUT2D eigenvalue weighted by molar-refractivity contribution is 0.295. The molecule has 1 aromatic heterocycles. The third kappa shape index (κ3) is 2.55. The summed E-state index contributed by atoms with van der Waals surface area (Å²) < 4.78 is 8.03. The zero-order valence-electron chi connectivity index (χ0n) is 11.9. The van der Waals surface area contributed by atoms with E-state index in [1.807, 2.05) is 31.2 Å². The van der Waals surface area contributed by atoms with Gasteiger partial charge in [-0.1, -0.05) is 25.1 Å². The highest BCUT2D eigenvalue weighted by Gasteiger charge is 2.22. The lowest BCUT2D eigenvalue weighted by Crippen LogP contribution is -2.18. The minimum Gasteiger partial charge on any atom is -0.487 e. The Balaban J connectivity index is 1.80. The number of para-hydroxylation sites is 1. The third-order valence-electron chi connectivity index (χ3n) is 3.95. The molecule has 4 heteroatoms. The van der Waals surface area contributed by atoms with Crippen molar-refractivity contribution in [1.82, 2.24) is 9.55 Å². The molecule has 1 atom stereocenters. The van der Waals surface area contributed by atoms with E-state index in [0.717, 1.165) is 30.0 Å². The molecule has 0 spiro atoms. The number of fused-ring (bicyclic) bond motifs is 1. The van der Waals surface area contributed by atoms with Crippen LogP contribution in [0.4, 0.5) is 0 Å². The third-order valence-corrected chi connectivity index (χ3v) is 4.24. The zero-order valence-corrected chi connectivity index (χ0v) is 12.7. The fourth-order valence-electron chi connectivity index (χ4n) is 2.72. The topological polar surface area (TPSA) is 27.1 Å². The summed E-state index contributed by atoms with van der Waals surface area (Å²) in [6.45, 7) is 5.77. The molecule has 0 fully saturated rings. The van der Waals surface area contributed by atoms with Gasteiger partial charge in [0.2, 0.25) is 5.28 Å². The van der Waals surface area contributed by atoms with Crippen LogP contribution in [0.2, 0.25) is 5.28 Å². The van der Waals surface area contributed by atoms with Gasteiger partial charge in [0.1, 0.15) is 18.1 Å². The highest BCUT2D eigenvalue weighted by Crippen LogP contribution is 2.28. The molecule has 3 rings (SSSR count). The lowest BCUT2D eigenvalue weighted by atomic mass is 9.97. The second-order valence-corrected chi connectivity index (χ2v) is 5.92. The van der Waals surface area contributed by atoms with E-state index in [9.17, 15) is 0 Å². The lowest BCUT2D eigenvalue weighted by Gasteiger charge is -2.21. The average molecular weight is 291 g/mol. The van der Waals surface area contributed by atoms with Gasteiger partial charge in [0.15, 0.2) is 0 Å². The van der Waals surface area contributed by atoms with Crippen LogP contribution in [-0.2, 0) is 19.6 Å². The van der Waals surface area contributed by atoms with Crippen molar-refractivity contribution in [2.45, 2.75) is 39.8 Å². The van der Waals surface area contributed by atoms with Crippen LogP contribution in [0.5, 0.6) is 5.75 Å². The first kappa shape index (κ1) is 13.5. The van der Waals surface area contributed by atoms with Crippen molar-refractivity contribution in [2.24, 2.45) is 5.92 Å². The number of hydrogen-bond donors (Lipinski definition) is 0. The molecule has 0 amide bonds. The molecule has 0 saturated carbocycles.